The van der Waals surface area contributed by atoms with Crippen LogP contribution in [0.3, 0.4) is 0 Å². The summed E-state index contributed by atoms with van der Waals surface area (Å²) in [6, 6.07) is 11.2. The Morgan fingerprint density at radius 3 is 2.80 bits per heavy atom. The van der Waals surface area contributed by atoms with Crippen LogP contribution in [0.5, 0.6) is 5.88 Å². The van der Waals surface area contributed by atoms with E-state index >= 15 is 0 Å². The van der Waals surface area contributed by atoms with Crippen molar-refractivity contribution in [1.29, 1.82) is 0 Å². The number of fused-ring (bicyclic) bond motifs is 2. The smallest absolute Gasteiger partial charge is 0.274 e. The Balaban J connectivity index is 1.25. The molecule has 3 saturated carbocycles. The lowest BCUT2D eigenvalue weighted by Gasteiger charge is -2.52. The van der Waals surface area contributed by atoms with E-state index in [0.29, 0.717) is 23.5 Å². The summed E-state index contributed by atoms with van der Waals surface area (Å²) in [4.78, 5) is 20.3. The van der Waals surface area contributed by atoms with Crippen molar-refractivity contribution in [2.45, 2.75) is 45.2 Å². The number of amides is 1. The van der Waals surface area contributed by atoms with Gasteiger partial charge in [-0.1, -0.05) is 18.2 Å². The maximum atomic E-state index is 13.5. The molecule has 8 rings (SSSR count). The third kappa shape index (κ3) is 2.69. The molecule has 4 fully saturated rings. The van der Waals surface area contributed by atoms with Crippen LogP contribution in [0.15, 0.2) is 36.5 Å². The van der Waals surface area contributed by atoms with Gasteiger partial charge in [-0.25, -0.2) is 9.50 Å². The van der Waals surface area contributed by atoms with E-state index in [2.05, 4.69) is 46.7 Å². The van der Waals surface area contributed by atoms with Gasteiger partial charge in [0.1, 0.15) is 11.2 Å². The first-order valence-corrected chi connectivity index (χ1v) is 12.9. The second-order valence-corrected chi connectivity index (χ2v) is 11.1. The first-order valence-electron chi connectivity index (χ1n) is 12.9. The molecular formula is C28H29N5O2. The Kier molecular flexibility index (Phi) is 3.90. The van der Waals surface area contributed by atoms with E-state index < -0.39 is 0 Å². The highest BCUT2D eigenvalue weighted by Crippen LogP contribution is 2.60. The lowest BCUT2D eigenvalue weighted by molar-refractivity contribution is -0.0205. The Bertz CT molecular complexity index is 1530. The number of hydrogen-bond donors (Lipinski definition) is 0. The van der Waals surface area contributed by atoms with E-state index in [1.807, 2.05) is 4.52 Å². The highest BCUT2D eigenvalue weighted by Gasteiger charge is 2.62. The molecular weight excluding hydrogens is 438 g/mol. The first-order chi connectivity index (χ1) is 17.1. The second-order valence-electron chi connectivity index (χ2n) is 11.1. The largest absolute Gasteiger partial charge is 0.479 e. The number of ether oxygens (including phenoxy) is 1. The number of rotatable bonds is 5. The highest BCUT2D eigenvalue weighted by atomic mass is 16.5. The molecule has 3 unspecified atom stereocenters. The van der Waals surface area contributed by atoms with E-state index in [0.717, 1.165) is 59.7 Å². The summed E-state index contributed by atoms with van der Waals surface area (Å²) in [5.41, 5.74) is 5.56. The Hall–Kier alpha value is -3.35. The molecule has 3 aliphatic carbocycles. The van der Waals surface area contributed by atoms with Gasteiger partial charge in [-0.2, -0.15) is 5.10 Å². The lowest BCUT2D eigenvalue weighted by atomic mass is 9.53. The molecule has 3 aromatic heterocycles. The number of carbonyl (C=O) groups is 1. The minimum atomic E-state index is 0.0144. The highest BCUT2D eigenvalue weighted by molar-refractivity contribution is 5.94. The van der Waals surface area contributed by atoms with Crippen LogP contribution < -0.4 is 4.74 Å². The first kappa shape index (κ1) is 19.9. The number of benzene rings is 1. The van der Waals surface area contributed by atoms with Crippen molar-refractivity contribution in [1.82, 2.24) is 24.1 Å². The van der Waals surface area contributed by atoms with Gasteiger partial charge in [-0.3, -0.25) is 4.79 Å². The quantitative estimate of drug-likeness (QED) is 0.432. The summed E-state index contributed by atoms with van der Waals surface area (Å²) in [6.07, 6.45) is 6.83. The molecule has 1 amide bonds. The fraction of sp³-hybridized carbons (Fsp3) is 0.464. The minimum Gasteiger partial charge on any atom is -0.479 e. The molecule has 0 N–H and O–H groups in total. The number of likely N-dealkylation sites (tertiary alicyclic amines) is 1. The van der Waals surface area contributed by atoms with Crippen molar-refractivity contribution in [3.63, 3.8) is 0 Å². The fourth-order valence-corrected chi connectivity index (χ4v) is 7.17. The third-order valence-corrected chi connectivity index (χ3v) is 9.19. The molecule has 1 saturated heterocycles. The van der Waals surface area contributed by atoms with Crippen molar-refractivity contribution in [3.05, 3.63) is 47.8 Å². The number of aromatic nitrogens is 4. The second kappa shape index (κ2) is 6.86. The van der Waals surface area contributed by atoms with Gasteiger partial charge in [0, 0.05) is 35.6 Å². The number of hydrogen-bond acceptors (Lipinski definition) is 4. The van der Waals surface area contributed by atoms with Gasteiger partial charge in [0.15, 0.2) is 5.69 Å². The van der Waals surface area contributed by atoms with E-state index in [1.54, 1.807) is 13.3 Å². The van der Waals surface area contributed by atoms with Crippen LogP contribution in [0.1, 0.15) is 41.7 Å². The fourth-order valence-electron chi connectivity index (χ4n) is 7.17. The number of para-hydroxylation sites is 1. The average Bonchev–Trinajstić information content (AvgIpc) is 3.52. The Morgan fingerprint density at radius 2 is 2.03 bits per heavy atom. The summed E-state index contributed by atoms with van der Waals surface area (Å²) in [5, 5.41) is 6.25. The molecule has 4 heterocycles. The monoisotopic (exact) mass is 467 g/mol. The number of nitrogens with zero attached hydrogens (tertiary/aromatic N) is 5. The van der Waals surface area contributed by atoms with Gasteiger partial charge in [-0.15, -0.1) is 0 Å². The van der Waals surface area contributed by atoms with Gasteiger partial charge in [0.25, 0.3) is 5.91 Å². The summed E-state index contributed by atoms with van der Waals surface area (Å²) in [6.45, 7) is 3.96. The van der Waals surface area contributed by atoms with Crippen molar-refractivity contribution < 1.29 is 9.53 Å². The zero-order valence-electron chi connectivity index (χ0n) is 20.1. The number of carbonyl (C=O) groups excluding carboxylic acids is 1. The normalized spacial score (nSPS) is 26.6. The van der Waals surface area contributed by atoms with Crippen molar-refractivity contribution in [2.75, 3.05) is 13.7 Å². The maximum absolute atomic E-state index is 13.5. The predicted molar refractivity (Wildman–Crippen MR) is 132 cm³/mol. The molecule has 178 valence electrons. The van der Waals surface area contributed by atoms with E-state index in [1.165, 1.54) is 30.2 Å². The van der Waals surface area contributed by atoms with Gasteiger partial charge < -0.3 is 14.2 Å². The Labute approximate surface area is 203 Å². The molecule has 0 spiro atoms. The predicted octanol–water partition coefficient (Wildman–Crippen LogP) is 4.56. The van der Waals surface area contributed by atoms with Crippen LogP contribution in [-0.4, -0.2) is 49.7 Å². The molecule has 4 aromatic rings. The summed E-state index contributed by atoms with van der Waals surface area (Å²) in [7, 11) is 1.62. The standard InChI is InChI=1S/C28H29N5O2/c1-15-25(23-10-17-5-3-4-6-21(17)31(23)12-16-7-8-16)30-33-14-20(29-27(35-2)26(15)33)28(34)32-13-19-9-18-11-22(32)24(18)19/h3-6,10,14,16,18-19,22,24H,7-9,11-13H2,1-2H3/t18?,19?,22?,24-/m1/s1. The maximum Gasteiger partial charge on any atom is 0.274 e. The van der Waals surface area contributed by atoms with Gasteiger partial charge in [0.05, 0.1) is 19.0 Å². The summed E-state index contributed by atoms with van der Waals surface area (Å²) < 4.78 is 9.95. The van der Waals surface area contributed by atoms with Crippen LogP contribution in [-0.2, 0) is 6.54 Å². The van der Waals surface area contributed by atoms with Gasteiger partial charge in [0.2, 0.25) is 5.88 Å². The Morgan fingerprint density at radius 1 is 1.17 bits per heavy atom. The third-order valence-electron chi connectivity index (χ3n) is 9.19. The van der Waals surface area contributed by atoms with Crippen LogP contribution in [0.2, 0.25) is 0 Å². The van der Waals surface area contributed by atoms with E-state index in [-0.39, 0.29) is 5.91 Å². The molecule has 0 bridgehead atoms. The molecule has 4 aliphatic rings. The van der Waals surface area contributed by atoms with E-state index in [4.69, 9.17) is 14.8 Å². The molecule has 7 nitrogen and oxygen atoms in total. The molecule has 0 radical (unpaired) electrons. The van der Waals surface area contributed by atoms with Crippen molar-refractivity contribution in [2.24, 2.45) is 23.7 Å². The molecule has 1 aliphatic heterocycles. The average molecular weight is 468 g/mol. The minimum absolute atomic E-state index is 0.0144. The van der Waals surface area contributed by atoms with Gasteiger partial charge in [-0.05, 0) is 68.4 Å². The SMILES string of the molecule is COc1nc(C(=O)N2CC3CC4CC2[C@H]43)cn2nc(-c3cc4ccccc4n3CC3CC3)c(C)c12. The molecule has 7 heteroatoms. The topological polar surface area (TPSA) is 64.7 Å². The van der Waals surface area contributed by atoms with Gasteiger partial charge >= 0.3 is 0 Å². The van der Waals surface area contributed by atoms with Crippen LogP contribution >= 0.6 is 0 Å². The molecule has 1 aromatic carbocycles. The zero-order valence-corrected chi connectivity index (χ0v) is 20.1. The van der Waals surface area contributed by atoms with Crippen LogP contribution in [0, 0.1) is 30.6 Å². The molecule has 35 heavy (non-hydrogen) atoms. The van der Waals surface area contributed by atoms with Crippen molar-refractivity contribution in [3.8, 4) is 17.3 Å². The number of aryl methyl sites for hydroxylation is 1. The van der Waals surface area contributed by atoms with Crippen LogP contribution in [0.25, 0.3) is 27.8 Å². The van der Waals surface area contributed by atoms with Crippen LogP contribution in [0.4, 0.5) is 0 Å². The summed E-state index contributed by atoms with van der Waals surface area (Å²) >= 11 is 0. The van der Waals surface area contributed by atoms with E-state index in [9.17, 15) is 4.79 Å². The van der Waals surface area contributed by atoms with Crippen molar-refractivity contribution >= 4 is 22.3 Å². The number of methoxy groups -OCH3 is 1. The summed E-state index contributed by atoms with van der Waals surface area (Å²) in [5.74, 6) is 3.50. The molecule has 4 atom stereocenters. The zero-order chi connectivity index (χ0) is 23.4. The lowest BCUT2D eigenvalue weighted by Crippen LogP contribution is -2.53.